The number of benzene rings is 3. The number of nitrogens with zero attached hydrogens (tertiary/aromatic N) is 2. The minimum atomic E-state index is -0.331. The fraction of sp³-hybridized carbons (Fsp3) is 0.192. The number of rotatable bonds is 6. The van der Waals surface area contributed by atoms with Crippen molar-refractivity contribution in [2.24, 2.45) is 0 Å². The Hall–Kier alpha value is -3.45. The summed E-state index contributed by atoms with van der Waals surface area (Å²) in [6, 6.07) is 21.4. The molecule has 1 heterocycles. The molecule has 0 radical (unpaired) electrons. The van der Waals surface area contributed by atoms with Gasteiger partial charge in [-0.15, -0.1) is 0 Å². The molecule has 7 heteroatoms. The van der Waals surface area contributed by atoms with Gasteiger partial charge in [0.25, 0.3) is 5.56 Å². The highest BCUT2D eigenvalue weighted by molar-refractivity contribution is 7.99. The van der Waals surface area contributed by atoms with Crippen molar-refractivity contribution in [3.8, 4) is 0 Å². The van der Waals surface area contributed by atoms with Gasteiger partial charge in [-0.05, 0) is 53.8 Å². The minimum Gasteiger partial charge on any atom is -0.349 e. The van der Waals surface area contributed by atoms with Crippen LogP contribution in [0.3, 0.4) is 0 Å². The SMILES string of the molecule is O=C(CSc1nc2ccccc2c(=O)n1Cc1ccc(F)cc1)N[C@H]1CCc2ccccc21. The second-order valence-corrected chi connectivity index (χ2v) is 9.02. The van der Waals surface area contributed by atoms with E-state index < -0.39 is 0 Å². The van der Waals surface area contributed by atoms with Crippen molar-refractivity contribution in [1.29, 1.82) is 0 Å². The van der Waals surface area contributed by atoms with E-state index in [9.17, 15) is 14.0 Å². The minimum absolute atomic E-state index is 0.0141. The van der Waals surface area contributed by atoms with Crippen LogP contribution in [0.2, 0.25) is 0 Å². The van der Waals surface area contributed by atoms with E-state index in [2.05, 4.69) is 22.4 Å². The van der Waals surface area contributed by atoms with Crippen molar-refractivity contribution < 1.29 is 9.18 Å². The van der Waals surface area contributed by atoms with Crippen LogP contribution in [0.1, 0.15) is 29.2 Å². The Morgan fingerprint density at radius 1 is 1.06 bits per heavy atom. The number of aromatic nitrogens is 2. The van der Waals surface area contributed by atoms with Crippen LogP contribution in [0, 0.1) is 5.82 Å². The van der Waals surface area contributed by atoms with Gasteiger partial charge in [-0.1, -0.05) is 60.3 Å². The van der Waals surface area contributed by atoms with Gasteiger partial charge >= 0.3 is 0 Å². The van der Waals surface area contributed by atoms with Gasteiger partial charge in [-0.25, -0.2) is 9.37 Å². The third kappa shape index (κ3) is 4.54. The number of thioether (sulfide) groups is 1. The zero-order chi connectivity index (χ0) is 22.8. The maximum atomic E-state index is 13.3. The first-order valence-electron chi connectivity index (χ1n) is 10.8. The molecule has 0 saturated heterocycles. The molecule has 5 rings (SSSR count). The summed E-state index contributed by atoms with van der Waals surface area (Å²) in [6.07, 6.45) is 1.84. The van der Waals surface area contributed by atoms with E-state index in [1.165, 1.54) is 35.0 Å². The molecule has 0 unspecified atom stereocenters. The predicted octanol–water partition coefficient (Wildman–Crippen LogP) is 4.48. The zero-order valence-electron chi connectivity index (χ0n) is 17.8. The monoisotopic (exact) mass is 459 g/mol. The molecule has 1 atom stereocenters. The first kappa shape index (κ1) is 21.4. The summed E-state index contributed by atoms with van der Waals surface area (Å²) in [5.41, 5.74) is 3.64. The number of nitrogens with one attached hydrogen (secondary N) is 1. The quantitative estimate of drug-likeness (QED) is 0.341. The van der Waals surface area contributed by atoms with Gasteiger partial charge in [-0.2, -0.15) is 0 Å². The molecule has 33 heavy (non-hydrogen) atoms. The highest BCUT2D eigenvalue weighted by Gasteiger charge is 2.23. The van der Waals surface area contributed by atoms with Crippen molar-refractivity contribution in [3.63, 3.8) is 0 Å². The average Bonchev–Trinajstić information content (AvgIpc) is 3.24. The third-order valence-corrected chi connectivity index (χ3v) is 6.86. The van der Waals surface area contributed by atoms with E-state index in [1.807, 2.05) is 18.2 Å². The lowest BCUT2D eigenvalue weighted by molar-refractivity contribution is -0.119. The maximum Gasteiger partial charge on any atom is 0.262 e. The molecule has 3 aromatic carbocycles. The predicted molar refractivity (Wildman–Crippen MR) is 128 cm³/mol. The molecule has 0 spiro atoms. The number of hydrogen-bond acceptors (Lipinski definition) is 4. The van der Waals surface area contributed by atoms with E-state index in [-0.39, 0.29) is 35.6 Å². The van der Waals surface area contributed by atoms with Gasteiger partial charge in [0.15, 0.2) is 5.16 Å². The molecule has 1 aliphatic carbocycles. The molecule has 1 N–H and O–H groups in total. The highest BCUT2D eigenvalue weighted by atomic mass is 32.2. The Kier molecular flexibility index (Phi) is 5.96. The van der Waals surface area contributed by atoms with Crippen LogP contribution in [-0.4, -0.2) is 21.2 Å². The van der Waals surface area contributed by atoms with Crippen LogP contribution in [0.15, 0.2) is 82.7 Å². The van der Waals surface area contributed by atoms with E-state index in [0.29, 0.717) is 16.1 Å². The summed E-state index contributed by atoms with van der Waals surface area (Å²) < 4.78 is 14.9. The Balaban J connectivity index is 1.38. The van der Waals surface area contributed by atoms with Crippen LogP contribution in [0.4, 0.5) is 4.39 Å². The number of aryl methyl sites for hydroxylation is 1. The lowest BCUT2D eigenvalue weighted by atomic mass is 10.1. The van der Waals surface area contributed by atoms with Crippen molar-refractivity contribution in [2.45, 2.75) is 30.6 Å². The number of halogens is 1. The third-order valence-electron chi connectivity index (χ3n) is 5.88. The fourth-order valence-electron chi connectivity index (χ4n) is 4.24. The molecule has 1 aliphatic rings. The normalized spacial score (nSPS) is 14.9. The average molecular weight is 460 g/mol. The van der Waals surface area contributed by atoms with E-state index in [1.54, 1.807) is 34.9 Å². The van der Waals surface area contributed by atoms with Gasteiger partial charge < -0.3 is 5.32 Å². The number of carbonyl (C=O) groups excluding carboxylic acids is 1. The number of amides is 1. The number of carbonyl (C=O) groups is 1. The molecule has 0 fully saturated rings. The summed E-state index contributed by atoms with van der Waals surface area (Å²) in [5, 5.41) is 4.09. The number of hydrogen-bond donors (Lipinski definition) is 1. The van der Waals surface area contributed by atoms with Crippen LogP contribution in [0.5, 0.6) is 0 Å². The van der Waals surface area contributed by atoms with Crippen molar-refractivity contribution in [2.75, 3.05) is 5.75 Å². The van der Waals surface area contributed by atoms with Crippen molar-refractivity contribution in [1.82, 2.24) is 14.9 Å². The molecule has 5 nitrogen and oxygen atoms in total. The van der Waals surface area contributed by atoms with Crippen LogP contribution < -0.4 is 10.9 Å². The molecular formula is C26H22FN3O2S. The second kappa shape index (κ2) is 9.19. The summed E-state index contributed by atoms with van der Waals surface area (Å²) >= 11 is 1.24. The van der Waals surface area contributed by atoms with E-state index >= 15 is 0 Å². The van der Waals surface area contributed by atoms with Crippen LogP contribution in [-0.2, 0) is 17.8 Å². The zero-order valence-corrected chi connectivity index (χ0v) is 18.6. The second-order valence-electron chi connectivity index (χ2n) is 8.08. The van der Waals surface area contributed by atoms with Crippen LogP contribution in [0.25, 0.3) is 10.9 Å². The molecule has 0 aliphatic heterocycles. The van der Waals surface area contributed by atoms with Gasteiger partial charge in [0.2, 0.25) is 5.91 Å². The number of fused-ring (bicyclic) bond motifs is 2. The Bertz CT molecular complexity index is 1380. The highest BCUT2D eigenvalue weighted by Crippen LogP contribution is 2.31. The lowest BCUT2D eigenvalue weighted by Gasteiger charge is -2.15. The molecular weight excluding hydrogens is 437 g/mol. The van der Waals surface area contributed by atoms with Gasteiger partial charge in [0.1, 0.15) is 5.82 Å². The fourth-order valence-corrected chi connectivity index (χ4v) is 5.05. The molecule has 1 amide bonds. The van der Waals surface area contributed by atoms with Gasteiger partial charge in [-0.3, -0.25) is 14.2 Å². The van der Waals surface area contributed by atoms with Gasteiger partial charge in [0, 0.05) is 0 Å². The molecule has 0 saturated carbocycles. The maximum absolute atomic E-state index is 13.3. The molecule has 1 aromatic heterocycles. The topological polar surface area (TPSA) is 64.0 Å². The standard InChI is InChI=1S/C26H22FN3O2S/c27-19-12-9-17(10-13-19)15-30-25(32)21-7-3-4-8-22(21)29-26(30)33-16-24(31)28-23-14-11-18-5-1-2-6-20(18)23/h1-10,12-13,23H,11,14-16H2,(H,28,31)/t23-/m0/s1. The largest absolute Gasteiger partial charge is 0.349 e. The van der Waals surface area contributed by atoms with E-state index in [4.69, 9.17) is 0 Å². The Morgan fingerprint density at radius 3 is 2.67 bits per heavy atom. The summed E-state index contributed by atoms with van der Waals surface area (Å²) in [6.45, 7) is 0.247. The summed E-state index contributed by atoms with van der Waals surface area (Å²) in [7, 11) is 0. The first-order chi connectivity index (χ1) is 16.1. The Labute approximate surface area is 194 Å². The van der Waals surface area contributed by atoms with Crippen molar-refractivity contribution >= 4 is 28.6 Å². The first-order valence-corrected chi connectivity index (χ1v) is 11.8. The molecule has 166 valence electrons. The van der Waals surface area contributed by atoms with Gasteiger partial charge in [0.05, 0.1) is 29.2 Å². The number of para-hydroxylation sites is 1. The smallest absolute Gasteiger partial charge is 0.262 e. The van der Waals surface area contributed by atoms with E-state index in [0.717, 1.165) is 18.4 Å². The molecule has 0 bridgehead atoms. The summed E-state index contributed by atoms with van der Waals surface area (Å²) in [4.78, 5) is 30.6. The molecule has 4 aromatic rings. The lowest BCUT2D eigenvalue weighted by Crippen LogP contribution is -2.29. The van der Waals surface area contributed by atoms with Crippen LogP contribution >= 0.6 is 11.8 Å². The Morgan fingerprint density at radius 2 is 1.82 bits per heavy atom. The van der Waals surface area contributed by atoms with Crippen molar-refractivity contribution in [3.05, 3.63) is 106 Å². The summed E-state index contributed by atoms with van der Waals surface area (Å²) in [5.74, 6) is -0.285.